The van der Waals surface area contributed by atoms with E-state index in [-0.39, 0.29) is 0 Å². The normalized spacial score (nSPS) is 37.4. The van der Waals surface area contributed by atoms with E-state index in [1.54, 1.807) is 0 Å². The fourth-order valence-corrected chi connectivity index (χ4v) is 12.2. The van der Waals surface area contributed by atoms with Crippen molar-refractivity contribution in [3.63, 3.8) is 0 Å². The second-order valence-corrected chi connectivity index (χ2v) is 12.5. The molecule has 114 valence electrons. The average Bonchev–Trinajstić information content (AvgIpc) is 2.89. The van der Waals surface area contributed by atoms with Crippen molar-refractivity contribution in [1.29, 1.82) is 0 Å². The van der Waals surface area contributed by atoms with Gasteiger partial charge in [0.15, 0.2) is 0 Å². The zero-order chi connectivity index (χ0) is 15.0. The van der Waals surface area contributed by atoms with Gasteiger partial charge in [-0.05, 0) is 0 Å². The Bertz CT molecular complexity index is 651. The summed E-state index contributed by atoms with van der Waals surface area (Å²) in [5, 5.41) is 7.35. The summed E-state index contributed by atoms with van der Waals surface area (Å²) in [6.45, 7) is 12.0. The van der Waals surface area contributed by atoms with Crippen molar-refractivity contribution in [3.05, 3.63) is 60.3 Å². The van der Waals surface area contributed by atoms with Gasteiger partial charge in [0.05, 0.1) is 0 Å². The molecule has 0 saturated heterocycles. The molecule has 0 radical (unpaired) electrons. The van der Waals surface area contributed by atoms with Crippen molar-refractivity contribution in [2.24, 2.45) is 0 Å². The quantitative estimate of drug-likeness (QED) is 0.250. The van der Waals surface area contributed by atoms with Gasteiger partial charge in [0.1, 0.15) is 0 Å². The molecule has 0 aromatic carbocycles. The van der Waals surface area contributed by atoms with Crippen LogP contribution in [0.3, 0.4) is 0 Å². The number of hydrogen-bond donors (Lipinski definition) is 4. The molecule has 3 heterocycles. The molecule has 0 amide bonds. The van der Waals surface area contributed by atoms with Crippen LogP contribution in [0.4, 0.5) is 0 Å². The summed E-state index contributed by atoms with van der Waals surface area (Å²) in [5.41, 5.74) is 4.50. The molecule has 3 aliphatic rings. The van der Waals surface area contributed by atoms with Gasteiger partial charge < -0.3 is 0 Å². The van der Waals surface area contributed by atoms with Gasteiger partial charge >= 0.3 is 131 Å². The van der Waals surface area contributed by atoms with Crippen molar-refractivity contribution in [1.82, 2.24) is 17.7 Å². The van der Waals surface area contributed by atoms with Gasteiger partial charge in [-0.15, -0.1) is 0 Å². The van der Waals surface area contributed by atoms with Gasteiger partial charge in [-0.25, -0.2) is 0 Å². The SMILES string of the molecule is C=CC1=C(C=C)NI23=C(CCC2N1)NC(=C/C)/C(=C\C)N3. The Kier molecular flexibility index (Phi) is 3.69. The summed E-state index contributed by atoms with van der Waals surface area (Å²) in [6, 6.07) is 0. The molecule has 1 spiro atoms. The van der Waals surface area contributed by atoms with E-state index in [0.29, 0.717) is 4.05 Å². The zero-order valence-electron chi connectivity index (χ0n) is 12.6. The zero-order valence-corrected chi connectivity index (χ0v) is 14.8. The third kappa shape index (κ3) is 2.06. The van der Waals surface area contributed by atoms with Crippen LogP contribution in [0.15, 0.2) is 60.3 Å². The summed E-state index contributed by atoms with van der Waals surface area (Å²) >= 11 is -2.56. The molecule has 2 unspecified atom stereocenters. The standard InChI is InChI=1S/C16H23IN4/c1-5-11-13(7-3)20-17-15(18-11)9-10-16(17)19-12(6-2)14(8-4)21-17/h5-8,15,18-21H,1,3,9-10H2,2,4H3/b12-6+,14-8+. The maximum atomic E-state index is 3.94. The van der Waals surface area contributed by atoms with E-state index in [9.17, 15) is 0 Å². The molecule has 3 rings (SSSR count). The van der Waals surface area contributed by atoms with Crippen LogP contribution in [-0.4, -0.2) is 7.68 Å². The molecule has 0 saturated carbocycles. The van der Waals surface area contributed by atoms with Crippen LogP contribution in [0.5, 0.6) is 0 Å². The van der Waals surface area contributed by atoms with Gasteiger partial charge in [0.25, 0.3) is 0 Å². The summed E-state index contributed by atoms with van der Waals surface area (Å²) in [4.78, 5) is 0. The molecule has 5 heteroatoms. The number of alkyl halides is 1. The van der Waals surface area contributed by atoms with E-state index in [1.165, 1.54) is 15.0 Å². The predicted molar refractivity (Wildman–Crippen MR) is 99.5 cm³/mol. The van der Waals surface area contributed by atoms with Gasteiger partial charge in [0, 0.05) is 0 Å². The molecule has 0 aromatic rings. The first-order chi connectivity index (χ1) is 10.2. The van der Waals surface area contributed by atoms with E-state index in [1.807, 2.05) is 12.2 Å². The fraction of sp³-hybridized carbons (Fsp3) is 0.312. The van der Waals surface area contributed by atoms with Crippen molar-refractivity contribution in [2.45, 2.75) is 30.7 Å². The molecule has 0 fully saturated rings. The van der Waals surface area contributed by atoms with Crippen LogP contribution in [0, 0.1) is 0 Å². The summed E-state index contributed by atoms with van der Waals surface area (Å²) < 4.78 is 9.61. The Balaban J connectivity index is 2.12. The Morgan fingerprint density at radius 1 is 1.05 bits per heavy atom. The van der Waals surface area contributed by atoms with Crippen LogP contribution in [0.25, 0.3) is 0 Å². The topological polar surface area (TPSA) is 48.1 Å². The van der Waals surface area contributed by atoms with E-state index < -0.39 is 18.5 Å². The van der Waals surface area contributed by atoms with Crippen LogP contribution >= 0.6 is 18.5 Å². The molecule has 2 atom stereocenters. The number of halogens is 1. The van der Waals surface area contributed by atoms with Crippen molar-refractivity contribution < 1.29 is 0 Å². The molecule has 4 N–H and O–H groups in total. The van der Waals surface area contributed by atoms with Gasteiger partial charge in [-0.1, -0.05) is 0 Å². The van der Waals surface area contributed by atoms with E-state index in [0.717, 1.165) is 24.2 Å². The molecule has 0 bridgehead atoms. The maximum absolute atomic E-state index is 3.94. The van der Waals surface area contributed by atoms with Crippen molar-refractivity contribution in [2.75, 3.05) is 0 Å². The number of rotatable bonds is 2. The van der Waals surface area contributed by atoms with Crippen LogP contribution in [-0.2, 0) is 0 Å². The minimum atomic E-state index is -2.56. The predicted octanol–water partition coefficient (Wildman–Crippen LogP) is 2.89. The first-order valence-electron chi connectivity index (χ1n) is 7.21. The van der Waals surface area contributed by atoms with Gasteiger partial charge in [-0.3, -0.25) is 0 Å². The first kappa shape index (κ1) is 14.4. The Labute approximate surface area is 130 Å². The molecular formula is C16H23IN4. The molecule has 3 aliphatic heterocycles. The van der Waals surface area contributed by atoms with E-state index in [2.05, 4.69) is 56.9 Å². The number of allylic oxidation sites excluding steroid dienone is 4. The molecule has 0 aliphatic carbocycles. The molecule has 21 heavy (non-hydrogen) atoms. The molecule has 0 aromatic heterocycles. The van der Waals surface area contributed by atoms with Gasteiger partial charge in [0.2, 0.25) is 0 Å². The average molecular weight is 398 g/mol. The third-order valence-corrected chi connectivity index (χ3v) is 12.9. The summed E-state index contributed by atoms with van der Waals surface area (Å²) in [5.74, 6) is 0. The third-order valence-electron chi connectivity index (χ3n) is 4.02. The second-order valence-electron chi connectivity index (χ2n) is 5.12. The van der Waals surface area contributed by atoms with E-state index in [4.69, 9.17) is 0 Å². The summed E-state index contributed by atoms with van der Waals surface area (Å²) in [7, 11) is 0. The van der Waals surface area contributed by atoms with Crippen molar-refractivity contribution in [3.8, 4) is 0 Å². The second kappa shape index (κ2) is 5.36. The minimum absolute atomic E-state index is 0.462. The fourth-order valence-electron chi connectivity index (χ4n) is 2.92. The van der Waals surface area contributed by atoms with Crippen molar-refractivity contribution >= 4 is 22.1 Å². The molecule has 4 nitrogen and oxygen atoms in total. The Hall–Kier alpha value is -1.50. The summed E-state index contributed by atoms with van der Waals surface area (Å²) in [6.07, 6.45) is 10.3. The Morgan fingerprint density at radius 2 is 1.76 bits per heavy atom. The van der Waals surface area contributed by atoms with Crippen LogP contribution < -0.4 is 17.7 Å². The van der Waals surface area contributed by atoms with Crippen LogP contribution in [0.1, 0.15) is 26.7 Å². The first-order valence-corrected chi connectivity index (χ1v) is 11.7. The van der Waals surface area contributed by atoms with Gasteiger partial charge in [-0.2, -0.15) is 0 Å². The van der Waals surface area contributed by atoms with E-state index >= 15 is 0 Å². The Morgan fingerprint density at radius 3 is 2.38 bits per heavy atom. The monoisotopic (exact) mass is 398 g/mol. The number of nitrogens with one attached hydrogen (secondary N) is 4. The van der Waals surface area contributed by atoms with Crippen LogP contribution in [0.2, 0.25) is 0 Å². The number of hydrogen-bond acceptors (Lipinski definition) is 4. The molecular weight excluding hydrogens is 375 g/mol.